The fourth-order valence-corrected chi connectivity index (χ4v) is 1.64. The Balaban J connectivity index is 2.55. The van der Waals surface area contributed by atoms with Crippen molar-refractivity contribution >= 4 is 5.96 Å². The molecule has 0 amide bonds. The van der Waals surface area contributed by atoms with Crippen molar-refractivity contribution in [3.8, 4) is 0 Å². The van der Waals surface area contributed by atoms with Crippen LogP contribution in [0, 0.1) is 5.41 Å². The number of nitrogens with zero attached hydrogens (tertiary/aromatic N) is 1. The van der Waals surface area contributed by atoms with E-state index in [1.165, 1.54) is 6.42 Å². The third kappa shape index (κ3) is 2.61. The molecule has 1 aliphatic rings. The Labute approximate surface area is 86.3 Å². The molecule has 4 heteroatoms. The standard InChI is InChI=1S/C10H22N4/c1-7(2)12-9(14-11)13-8-5-6-10(8,3)4/h7-8H,5-6,11H2,1-4H3,(H2,12,13,14). The average Bonchev–Trinajstić information content (AvgIpc) is 2.09. The van der Waals surface area contributed by atoms with Gasteiger partial charge in [-0.05, 0) is 32.1 Å². The van der Waals surface area contributed by atoms with Crippen LogP contribution < -0.4 is 16.6 Å². The maximum absolute atomic E-state index is 5.39. The molecule has 0 radical (unpaired) electrons. The minimum Gasteiger partial charge on any atom is -0.353 e. The Hall–Kier alpha value is -0.770. The quantitative estimate of drug-likeness (QED) is 0.268. The van der Waals surface area contributed by atoms with Gasteiger partial charge in [0.2, 0.25) is 5.96 Å². The van der Waals surface area contributed by atoms with E-state index in [1.54, 1.807) is 0 Å². The Morgan fingerprint density at radius 2 is 2.14 bits per heavy atom. The summed E-state index contributed by atoms with van der Waals surface area (Å²) in [4.78, 5) is 4.56. The van der Waals surface area contributed by atoms with Crippen LogP contribution in [0.2, 0.25) is 0 Å². The van der Waals surface area contributed by atoms with Gasteiger partial charge < -0.3 is 5.32 Å². The number of rotatable bonds is 2. The maximum Gasteiger partial charge on any atom is 0.206 e. The molecule has 4 N–H and O–H groups in total. The van der Waals surface area contributed by atoms with Crippen molar-refractivity contribution in [2.24, 2.45) is 16.3 Å². The third-order valence-electron chi connectivity index (χ3n) is 2.81. The van der Waals surface area contributed by atoms with Gasteiger partial charge in [0, 0.05) is 6.04 Å². The molecule has 0 saturated heterocycles. The van der Waals surface area contributed by atoms with Crippen LogP contribution in [0.1, 0.15) is 40.5 Å². The number of guanidine groups is 1. The zero-order valence-electron chi connectivity index (χ0n) is 9.59. The first-order valence-corrected chi connectivity index (χ1v) is 5.26. The van der Waals surface area contributed by atoms with Crippen LogP contribution in [0.3, 0.4) is 0 Å². The fourth-order valence-electron chi connectivity index (χ4n) is 1.64. The van der Waals surface area contributed by atoms with Crippen molar-refractivity contribution in [3.63, 3.8) is 0 Å². The molecule has 1 aliphatic carbocycles. The van der Waals surface area contributed by atoms with Crippen LogP contribution in [0.5, 0.6) is 0 Å². The summed E-state index contributed by atoms with van der Waals surface area (Å²) in [6.45, 7) is 8.62. The van der Waals surface area contributed by atoms with Crippen molar-refractivity contribution in [1.82, 2.24) is 10.7 Å². The number of nitrogens with two attached hydrogens (primary N) is 1. The molecule has 4 nitrogen and oxygen atoms in total. The van der Waals surface area contributed by atoms with Gasteiger partial charge in [-0.3, -0.25) is 5.43 Å². The molecule has 82 valence electrons. The first kappa shape index (κ1) is 11.3. The van der Waals surface area contributed by atoms with Crippen molar-refractivity contribution in [1.29, 1.82) is 0 Å². The van der Waals surface area contributed by atoms with Crippen LogP contribution >= 0.6 is 0 Å². The van der Waals surface area contributed by atoms with Crippen LogP contribution in [-0.4, -0.2) is 18.0 Å². The molecule has 0 heterocycles. The van der Waals surface area contributed by atoms with E-state index in [4.69, 9.17) is 5.84 Å². The lowest BCUT2D eigenvalue weighted by Gasteiger charge is -2.42. The average molecular weight is 198 g/mol. The predicted octanol–water partition coefficient (Wildman–Crippen LogP) is 0.992. The van der Waals surface area contributed by atoms with Crippen LogP contribution in [0.4, 0.5) is 0 Å². The minimum absolute atomic E-state index is 0.334. The lowest BCUT2D eigenvalue weighted by Crippen LogP contribution is -2.48. The van der Waals surface area contributed by atoms with Gasteiger partial charge in [-0.15, -0.1) is 0 Å². The smallest absolute Gasteiger partial charge is 0.206 e. The summed E-state index contributed by atoms with van der Waals surface area (Å²) in [5, 5.41) is 3.18. The van der Waals surface area contributed by atoms with Crippen LogP contribution in [-0.2, 0) is 0 Å². The molecule has 0 aromatic rings. The third-order valence-corrected chi connectivity index (χ3v) is 2.81. The summed E-state index contributed by atoms with van der Waals surface area (Å²) >= 11 is 0. The predicted molar refractivity (Wildman–Crippen MR) is 59.8 cm³/mol. The van der Waals surface area contributed by atoms with E-state index in [9.17, 15) is 0 Å². The van der Waals surface area contributed by atoms with Crippen molar-refractivity contribution in [3.05, 3.63) is 0 Å². The number of nitrogens with one attached hydrogen (secondary N) is 2. The second-order valence-electron chi connectivity index (χ2n) is 4.96. The molecule has 14 heavy (non-hydrogen) atoms. The normalized spacial score (nSPS) is 25.9. The molecule has 0 aliphatic heterocycles. The van der Waals surface area contributed by atoms with Gasteiger partial charge in [0.25, 0.3) is 0 Å². The van der Waals surface area contributed by atoms with Gasteiger partial charge in [0.05, 0.1) is 6.04 Å². The number of hydrogen-bond acceptors (Lipinski definition) is 2. The molecule has 1 fully saturated rings. The van der Waals surface area contributed by atoms with E-state index >= 15 is 0 Å². The highest BCUT2D eigenvalue weighted by atomic mass is 15.3. The van der Waals surface area contributed by atoms with E-state index in [2.05, 4.69) is 43.4 Å². The molecule has 0 bridgehead atoms. The van der Waals surface area contributed by atoms with E-state index in [0.717, 1.165) is 6.42 Å². The monoisotopic (exact) mass is 198 g/mol. The minimum atomic E-state index is 0.334. The van der Waals surface area contributed by atoms with E-state index in [1.807, 2.05) is 0 Å². The number of aliphatic imine (C=N–C) groups is 1. The van der Waals surface area contributed by atoms with Crippen LogP contribution in [0.25, 0.3) is 0 Å². The largest absolute Gasteiger partial charge is 0.353 e. The Bertz CT molecular complexity index is 220. The Kier molecular flexibility index (Phi) is 3.37. The molecule has 1 saturated carbocycles. The van der Waals surface area contributed by atoms with E-state index in [-0.39, 0.29) is 0 Å². The molecular formula is C10H22N4. The lowest BCUT2D eigenvalue weighted by molar-refractivity contribution is 0.145. The van der Waals surface area contributed by atoms with E-state index in [0.29, 0.717) is 23.5 Å². The van der Waals surface area contributed by atoms with Gasteiger partial charge in [0.1, 0.15) is 0 Å². The molecule has 0 aromatic carbocycles. The zero-order valence-corrected chi connectivity index (χ0v) is 9.59. The summed E-state index contributed by atoms with van der Waals surface area (Å²) in [5.41, 5.74) is 2.94. The Morgan fingerprint density at radius 1 is 1.50 bits per heavy atom. The van der Waals surface area contributed by atoms with Gasteiger partial charge in [0.15, 0.2) is 0 Å². The zero-order chi connectivity index (χ0) is 10.8. The van der Waals surface area contributed by atoms with Gasteiger partial charge in [-0.1, -0.05) is 13.8 Å². The van der Waals surface area contributed by atoms with Crippen molar-refractivity contribution < 1.29 is 0 Å². The maximum atomic E-state index is 5.39. The first-order chi connectivity index (χ1) is 6.45. The van der Waals surface area contributed by atoms with Gasteiger partial charge in [-0.2, -0.15) is 0 Å². The summed E-state index contributed by atoms with van der Waals surface area (Å²) in [6.07, 6.45) is 2.42. The molecule has 0 aromatic heterocycles. The van der Waals surface area contributed by atoms with Crippen LogP contribution in [0.15, 0.2) is 4.99 Å². The fraction of sp³-hybridized carbons (Fsp3) is 0.900. The van der Waals surface area contributed by atoms with Crippen molar-refractivity contribution in [2.75, 3.05) is 0 Å². The second kappa shape index (κ2) is 4.17. The highest BCUT2D eigenvalue weighted by molar-refractivity contribution is 5.79. The molecule has 1 unspecified atom stereocenters. The number of hydrogen-bond donors (Lipinski definition) is 3. The van der Waals surface area contributed by atoms with Gasteiger partial charge >= 0.3 is 0 Å². The summed E-state index contributed by atoms with van der Waals surface area (Å²) in [5.74, 6) is 6.10. The highest BCUT2D eigenvalue weighted by Gasteiger charge is 2.38. The summed E-state index contributed by atoms with van der Waals surface area (Å²) < 4.78 is 0. The summed E-state index contributed by atoms with van der Waals surface area (Å²) in [7, 11) is 0. The number of hydrazine groups is 1. The topological polar surface area (TPSA) is 62.4 Å². The summed E-state index contributed by atoms with van der Waals surface area (Å²) in [6, 6.07) is 0.757. The second-order valence-corrected chi connectivity index (χ2v) is 4.96. The molecule has 0 spiro atoms. The van der Waals surface area contributed by atoms with E-state index < -0.39 is 0 Å². The SMILES string of the molecule is CC(C)NC(=NC1CCC1(C)C)NN. The molecule has 1 atom stereocenters. The molecule has 1 rings (SSSR count). The first-order valence-electron chi connectivity index (χ1n) is 5.26. The Morgan fingerprint density at radius 3 is 2.43 bits per heavy atom. The molecular weight excluding hydrogens is 176 g/mol. The van der Waals surface area contributed by atoms with Gasteiger partial charge in [-0.25, -0.2) is 10.8 Å². The highest BCUT2D eigenvalue weighted by Crippen LogP contribution is 2.42. The van der Waals surface area contributed by atoms with Crippen molar-refractivity contribution in [2.45, 2.75) is 52.6 Å². The lowest BCUT2D eigenvalue weighted by atomic mass is 9.68.